The lowest BCUT2D eigenvalue weighted by atomic mass is 9.99. The average Bonchev–Trinajstić information content (AvgIpc) is 2.93. The van der Waals surface area contributed by atoms with Gasteiger partial charge in [0.25, 0.3) is 0 Å². The van der Waals surface area contributed by atoms with Gasteiger partial charge in [-0.3, -0.25) is 0 Å². The fourth-order valence-corrected chi connectivity index (χ4v) is 4.08. The predicted molar refractivity (Wildman–Crippen MR) is 131 cm³/mol. The van der Waals surface area contributed by atoms with Gasteiger partial charge in [0.05, 0.1) is 34.0 Å². The van der Waals surface area contributed by atoms with Gasteiger partial charge in [0, 0.05) is 7.11 Å². The topological polar surface area (TPSA) is 146 Å². The molecule has 4 N–H and O–H groups in total. The lowest BCUT2D eigenvalue weighted by Gasteiger charge is -2.40. The third kappa shape index (κ3) is 6.82. The summed E-state index contributed by atoms with van der Waals surface area (Å²) in [5.41, 5.74) is 0.587. The summed E-state index contributed by atoms with van der Waals surface area (Å²) in [5.74, 6) is 1.84. The molecule has 1 saturated heterocycles. The minimum Gasteiger partial charge on any atom is -0.493 e. The zero-order valence-corrected chi connectivity index (χ0v) is 21.4. The molecule has 0 radical (unpaired) electrons. The number of benzene rings is 2. The van der Waals surface area contributed by atoms with Crippen molar-refractivity contribution in [2.45, 2.75) is 49.8 Å². The summed E-state index contributed by atoms with van der Waals surface area (Å²) in [6.45, 7) is 1.64. The molecule has 11 heteroatoms. The molecule has 206 valence electrons. The van der Waals surface area contributed by atoms with E-state index in [0.29, 0.717) is 35.2 Å². The maximum Gasteiger partial charge on any atom is 0.186 e. The molecule has 0 spiro atoms. The van der Waals surface area contributed by atoms with E-state index in [0.717, 1.165) is 0 Å². The van der Waals surface area contributed by atoms with Crippen molar-refractivity contribution in [2.75, 3.05) is 41.2 Å². The largest absolute Gasteiger partial charge is 0.493 e. The van der Waals surface area contributed by atoms with E-state index in [9.17, 15) is 20.4 Å². The van der Waals surface area contributed by atoms with Gasteiger partial charge >= 0.3 is 0 Å². The van der Waals surface area contributed by atoms with Crippen LogP contribution in [0.15, 0.2) is 42.5 Å². The Morgan fingerprint density at radius 3 is 2.19 bits per heavy atom. The normalized spacial score (nSPS) is 25.2. The molecule has 3 rings (SSSR count). The Morgan fingerprint density at radius 1 is 0.865 bits per heavy atom. The second kappa shape index (κ2) is 13.8. The standard InChI is InChI=1S/C26H36O11/c1-5-34-17-11-10-15(12-19(17)32-3)25(20(13-27)36-18-9-7-6-8-16(18)31-2)35-14-21-22(28)23(29)24(30)26(33-4)37-21/h6-12,20-30H,5,13-14H2,1-4H3/t20-,21+,22+,23-,24+,25+,26+/m0/s1. The molecule has 1 aliphatic heterocycles. The lowest BCUT2D eigenvalue weighted by molar-refractivity contribution is -0.299. The van der Waals surface area contributed by atoms with E-state index in [2.05, 4.69) is 0 Å². The Labute approximate surface area is 216 Å². The highest BCUT2D eigenvalue weighted by Crippen LogP contribution is 2.36. The molecule has 2 aromatic carbocycles. The smallest absolute Gasteiger partial charge is 0.186 e. The molecule has 0 aliphatic carbocycles. The van der Waals surface area contributed by atoms with Crippen molar-refractivity contribution in [3.8, 4) is 23.0 Å². The van der Waals surface area contributed by atoms with Crippen LogP contribution in [-0.4, -0.2) is 98.4 Å². The number of para-hydroxylation sites is 2. The Bertz CT molecular complexity index is 969. The zero-order chi connectivity index (χ0) is 26.9. The molecule has 37 heavy (non-hydrogen) atoms. The molecule has 11 nitrogen and oxygen atoms in total. The summed E-state index contributed by atoms with van der Waals surface area (Å²) < 4.78 is 39.4. The number of rotatable bonds is 13. The maximum absolute atomic E-state index is 10.5. The lowest BCUT2D eigenvalue weighted by Crippen LogP contribution is -2.59. The van der Waals surface area contributed by atoms with Gasteiger partial charge in [0.2, 0.25) is 0 Å². The van der Waals surface area contributed by atoms with Crippen LogP contribution in [0.1, 0.15) is 18.6 Å². The van der Waals surface area contributed by atoms with E-state index in [1.54, 1.807) is 42.5 Å². The van der Waals surface area contributed by atoms with Crippen molar-refractivity contribution >= 4 is 0 Å². The predicted octanol–water partition coefficient (Wildman–Crippen LogP) is 1.05. The van der Waals surface area contributed by atoms with Gasteiger partial charge in [-0.1, -0.05) is 18.2 Å². The van der Waals surface area contributed by atoms with Crippen molar-refractivity contribution in [3.05, 3.63) is 48.0 Å². The summed E-state index contributed by atoms with van der Waals surface area (Å²) >= 11 is 0. The number of hydrogen-bond acceptors (Lipinski definition) is 11. The van der Waals surface area contributed by atoms with Crippen LogP contribution in [0, 0.1) is 0 Å². The molecular weight excluding hydrogens is 488 g/mol. The maximum atomic E-state index is 10.5. The van der Waals surface area contributed by atoms with Gasteiger partial charge < -0.3 is 53.6 Å². The average molecular weight is 525 g/mol. The van der Waals surface area contributed by atoms with Gasteiger partial charge in [0.1, 0.15) is 30.5 Å². The summed E-state index contributed by atoms with van der Waals surface area (Å²) in [4.78, 5) is 0. The molecule has 7 atom stereocenters. The van der Waals surface area contributed by atoms with Gasteiger partial charge in [-0.05, 0) is 36.8 Å². The SMILES string of the molecule is CCOc1ccc([C@@H](OC[C@H]2O[C@@H](OC)[C@H](O)[C@@H](O)[C@@H]2O)[C@H](CO)Oc2ccccc2OC)cc1OC. The monoisotopic (exact) mass is 524 g/mol. The molecule has 0 aromatic heterocycles. The number of methoxy groups -OCH3 is 3. The van der Waals surface area contributed by atoms with Crippen LogP contribution in [0.4, 0.5) is 0 Å². The van der Waals surface area contributed by atoms with E-state index in [1.165, 1.54) is 21.3 Å². The Morgan fingerprint density at radius 2 is 1.57 bits per heavy atom. The third-order valence-electron chi connectivity index (χ3n) is 6.02. The highest BCUT2D eigenvalue weighted by atomic mass is 16.7. The van der Waals surface area contributed by atoms with Gasteiger partial charge in [-0.25, -0.2) is 0 Å². The van der Waals surface area contributed by atoms with Crippen LogP contribution in [-0.2, 0) is 14.2 Å². The van der Waals surface area contributed by atoms with Crippen molar-refractivity contribution in [1.29, 1.82) is 0 Å². The molecule has 0 unspecified atom stereocenters. The first-order chi connectivity index (χ1) is 17.9. The molecule has 1 fully saturated rings. The van der Waals surface area contributed by atoms with E-state index in [-0.39, 0.29) is 6.61 Å². The number of hydrogen-bond donors (Lipinski definition) is 4. The number of ether oxygens (including phenoxy) is 7. The number of aliphatic hydroxyl groups excluding tert-OH is 4. The first kappa shape index (κ1) is 28.9. The van der Waals surface area contributed by atoms with E-state index in [1.807, 2.05) is 6.92 Å². The van der Waals surface area contributed by atoms with E-state index >= 15 is 0 Å². The summed E-state index contributed by atoms with van der Waals surface area (Å²) in [6, 6.07) is 12.2. The Hall–Kier alpha value is -2.64. The first-order valence-electron chi connectivity index (χ1n) is 11.9. The van der Waals surface area contributed by atoms with Crippen molar-refractivity contribution in [1.82, 2.24) is 0 Å². The fourth-order valence-electron chi connectivity index (χ4n) is 4.08. The minimum absolute atomic E-state index is 0.225. The van der Waals surface area contributed by atoms with Crippen LogP contribution >= 0.6 is 0 Å². The van der Waals surface area contributed by atoms with Crippen molar-refractivity contribution in [2.24, 2.45) is 0 Å². The molecule has 0 amide bonds. The highest BCUT2D eigenvalue weighted by molar-refractivity contribution is 5.44. The summed E-state index contributed by atoms with van der Waals surface area (Å²) in [7, 11) is 4.33. The first-order valence-corrected chi connectivity index (χ1v) is 11.9. The Kier molecular flexibility index (Phi) is 10.8. The second-order valence-electron chi connectivity index (χ2n) is 8.34. The second-order valence-corrected chi connectivity index (χ2v) is 8.34. The van der Waals surface area contributed by atoms with E-state index in [4.69, 9.17) is 33.2 Å². The number of aliphatic hydroxyl groups is 4. The molecule has 2 aromatic rings. The molecule has 1 heterocycles. The van der Waals surface area contributed by atoms with Crippen LogP contribution < -0.4 is 18.9 Å². The van der Waals surface area contributed by atoms with Gasteiger partial charge in [0.15, 0.2) is 35.4 Å². The fraction of sp³-hybridized carbons (Fsp3) is 0.538. The molecule has 1 aliphatic rings. The van der Waals surface area contributed by atoms with Crippen LogP contribution in [0.5, 0.6) is 23.0 Å². The molecule has 0 saturated carbocycles. The molecular formula is C26H36O11. The quantitative estimate of drug-likeness (QED) is 0.298. The zero-order valence-electron chi connectivity index (χ0n) is 21.4. The Balaban J connectivity index is 1.92. The van der Waals surface area contributed by atoms with E-state index < -0.39 is 49.5 Å². The summed E-state index contributed by atoms with van der Waals surface area (Å²) in [5, 5.41) is 41.1. The minimum atomic E-state index is -1.50. The van der Waals surface area contributed by atoms with Crippen molar-refractivity contribution in [3.63, 3.8) is 0 Å². The van der Waals surface area contributed by atoms with Crippen LogP contribution in [0.25, 0.3) is 0 Å². The third-order valence-corrected chi connectivity index (χ3v) is 6.02. The van der Waals surface area contributed by atoms with Gasteiger partial charge in [-0.2, -0.15) is 0 Å². The van der Waals surface area contributed by atoms with Crippen molar-refractivity contribution < 1.29 is 53.6 Å². The molecule has 0 bridgehead atoms. The highest BCUT2D eigenvalue weighted by Gasteiger charge is 2.44. The van der Waals surface area contributed by atoms with Gasteiger partial charge in [-0.15, -0.1) is 0 Å². The van der Waals surface area contributed by atoms with Crippen LogP contribution in [0.2, 0.25) is 0 Å². The van der Waals surface area contributed by atoms with Crippen LogP contribution in [0.3, 0.4) is 0 Å². The summed E-state index contributed by atoms with van der Waals surface area (Å²) in [6.07, 6.45) is -8.39.